The number of benzene rings is 1. The van der Waals surface area contributed by atoms with Gasteiger partial charge in [-0.05, 0) is 42.7 Å². The highest BCUT2D eigenvalue weighted by atomic mass is 35.5. The fourth-order valence-electron chi connectivity index (χ4n) is 2.07. The highest BCUT2D eigenvalue weighted by Crippen LogP contribution is 2.27. The summed E-state index contributed by atoms with van der Waals surface area (Å²) in [6, 6.07) is 7.66. The summed E-state index contributed by atoms with van der Waals surface area (Å²) in [4.78, 5) is 4.17. The first-order chi connectivity index (χ1) is 11.8. The molecule has 0 radical (unpaired) electrons. The third kappa shape index (κ3) is 5.51. The maximum absolute atomic E-state index is 12.4. The van der Waals surface area contributed by atoms with E-state index < -0.39 is 10.0 Å². The number of aromatic nitrogens is 1. The molecule has 0 unspecified atom stereocenters. The van der Waals surface area contributed by atoms with Gasteiger partial charge in [-0.3, -0.25) is 4.72 Å². The number of hydrogen-bond acceptors (Lipinski definition) is 5. The number of anilines is 2. The number of pyridine rings is 1. The highest BCUT2D eigenvalue weighted by molar-refractivity contribution is 7.92. The molecule has 8 heteroatoms. The van der Waals surface area contributed by atoms with Gasteiger partial charge in [0.2, 0.25) is 0 Å². The summed E-state index contributed by atoms with van der Waals surface area (Å²) >= 11 is 5.99. The average Bonchev–Trinajstić information content (AvgIpc) is 2.56. The Hall–Kier alpha value is -1.99. The summed E-state index contributed by atoms with van der Waals surface area (Å²) in [5.41, 5.74) is 0.844. The van der Waals surface area contributed by atoms with Crippen LogP contribution in [0.3, 0.4) is 0 Å². The number of rotatable bonds is 8. The second-order valence-electron chi connectivity index (χ2n) is 5.94. The third-order valence-electron chi connectivity index (χ3n) is 3.49. The number of ether oxygens (including phenoxy) is 1. The van der Waals surface area contributed by atoms with Crippen LogP contribution in [0.25, 0.3) is 0 Å². The molecule has 0 bridgehead atoms. The minimum Gasteiger partial charge on any atom is -0.495 e. The van der Waals surface area contributed by atoms with Gasteiger partial charge in [0.15, 0.2) is 0 Å². The van der Waals surface area contributed by atoms with E-state index in [2.05, 4.69) is 28.9 Å². The third-order valence-corrected chi connectivity index (χ3v) is 5.13. The molecule has 1 aromatic heterocycles. The molecule has 0 aliphatic carbocycles. The van der Waals surface area contributed by atoms with Crippen LogP contribution in [-0.2, 0) is 10.0 Å². The van der Waals surface area contributed by atoms with Crippen LogP contribution in [0.4, 0.5) is 11.5 Å². The average molecular weight is 384 g/mol. The first kappa shape index (κ1) is 19.3. The molecule has 2 rings (SSSR count). The van der Waals surface area contributed by atoms with E-state index in [1.54, 1.807) is 18.3 Å². The molecule has 1 heterocycles. The number of hydrogen-bond donors (Lipinski definition) is 2. The number of nitrogens with zero attached hydrogens (tertiary/aromatic N) is 1. The minimum atomic E-state index is -3.77. The van der Waals surface area contributed by atoms with Gasteiger partial charge in [-0.1, -0.05) is 25.4 Å². The van der Waals surface area contributed by atoms with Crippen LogP contribution in [0, 0.1) is 5.92 Å². The van der Waals surface area contributed by atoms with Crippen molar-refractivity contribution < 1.29 is 13.2 Å². The monoisotopic (exact) mass is 383 g/mol. The van der Waals surface area contributed by atoms with E-state index in [1.807, 2.05) is 0 Å². The van der Waals surface area contributed by atoms with E-state index in [0.717, 1.165) is 18.7 Å². The zero-order chi connectivity index (χ0) is 18.4. The summed E-state index contributed by atoms with van der Waals surface area (Å²) in [5.74, 6) is 1.26. The Morgan fingerprint density at radius 3 is 2.56 bits per heavy atom. The molecule has 0 spiro atoms. The summed E-state index contributed by atoms with van der Waals surface area (Å²) in [7, 11) is -2.31. The number of nitrogens with one attached hydrogen (secondary N) is 2. The lowest BCUT2D eigenvalue weighted by Gasteiger charge is -2.11. The summed E-state index contributed by atoms with van der Waals surface area (Å²) in [5, 5.41) is 3.47. The van der Waals surface area contributed by atoms with E-state index in [0.29, 0.717) is 11.7 Å². The molecule has 6 nitrogen and oxygen atoms in total. The van der Waals surface area contributed by atoms with Crippen molar-refractivity contribution in [3.05, 3.63) is 41.6 Å². The molecule has 0 aliphatic rings. The largest absolute Gasteiger partial charge is 0.495 e. The molecular formula is C17H22ClN3O3S. The van der Waals surface area contributed by atoms with E-state index in [9.17, 15) is 8.42 Å². The zero-order valence-corrected chi connectivity index (χ0v) is 16.0. The van der Waals surface area contributed by atoms with Gasteiger partial charge in [0, 0.05) is 6.54 Å². The molecule has 0 saturated heterocycles. The van der Waals surface area contributed by atoms with E-state index in [1.165, 1.54) is 25.3 Å². The van der Waals surface area contributed by atoms with Crippen LogP contribution >= 0.6 is 11.6 Å². The molecule has 2 aromatic rings. The lowest BCUT2D eigenvalue weighted by Crippen LogP contribution is -2.14. The molecule has 136 valence electrons. The first-order valence-corrected chi connectivity index (χ1v) is 9.74. The van der Waals surface area contributed by atoms with E-state index in [-0.39, 0.29) is 15.7 Å². The second kappa shape index (κ2) is 8.40. The predicted molar refractivity (Wildman–Crippen MR) is 101 cm³/mol. The lowest BCUT2D eigenvalue weighted by molar-refractivity contribution is 0.414. The molecule has 2 N–H and O–H groups in total. The SMILES string of the molecule is COc1ccc(S(=O)(=O)Nc2ccc(NCCC(C)C)cn2)cc1Cl. The Bertz CT molecular complexity index is 808. The van der Waals surface area contributed by atoms with Gasteiger partial charge in [-0.2, -0.15) is 0 Å². The number of methoxy groups -OCH3 is 1. The van der Waals surface area contributed by atoms with Gasteiger partial charge in [0.05, 0.1) is 28.9 Å². The first-order valence-electron chi connectivity index (χ1n) is 7.88. The molecule has 0 atom stereocenters. The van der Waals surface area contributed by atoms with Crippen LogP contribution in [0.15, 0.2) is 41.4 Å². The van der Waals surface area contributed by atoms with Crippen molar-refractivity contribution >= 4 is 33.1 Å². The summed E-state index contributed by atoms with van der Waals surface area (Å²) < 4.78 is 32.3. The maximum atomic E-state index is 12.4. The van der Waals surface area contributed by atoms with Crippen molar-refractivity contribution in [2.75, 3.05) is 23.7 Å². The Balaban J connectivity index is 2.06. The van der Waals surface area contributed by atoms with Crippen LogP contribution in [0.2, 0.25) is 5.02 Å². The molecule has 0 aliphatic heterocycles. The van der Waals surface area contributed by atoms with Crippen molar-refractivity contribution in [1.29, 1.82) is 0 Å². The number of halogens is 1. The van der Waals surface area contributed by atoms with Gasteiger partial charge in [0.25, 0.3) is 10.0 Å². The molecule has 1 aromatic carbocycles. The predicted octanol–water partition coefficient (Wildman–Crippen LogP) is 4.00. The van der Waals surface area contributed by atoms with Gasteiger partial charge >= 0.3 is 0 Å². The maximum Gasteiger partial charge on any atom is 0.263 e. The van der Waals surface area contributed by atoms with Crippen molar-refractivity contribution in [1.82, 2.24) is 4.98 Å². The van der Waals surface area contributed by atoms with Gasteiger partial charge in [-0.25, -0.2) is 13.4 Å². The Morgan fingerprint density at radius 1 is 1.24 bits per heavy atom. The van der Waals surface area contributed by atoms with Crippen molar-refractivity contribution in [2.45, 2.75) is 25.2 Å². The zero-order valence-electron chi connectivity index (χ0n) is 14.4. The van der Waals surface area contributed by atoms with Crippen LogP contribution in [0.1, 0.15) is 20.3 Å². The molecule has 0 saturated carbocycles. The van der Waals surface area contributed by atoms with E-state index in [4.69, 9.17) is 16.3 Å². The molecule has 25 heavy (non-hydrogen) atoms. The van der Waals surface area contributed by atoms with Crippen LogP contribution in [-0.4, -0.2) is 27.1 Å². The fraction of sp³-hybridized carbons (Fsp3) is 0.353. The van der Waals surface area contributed by atoms with E-state index >= 15 is 0 Å². The standard InChI is InChI=1S/C17H22ClN3O3S/c1-12(2)8-9-19-13-4-7-17(20-11-13)21-25(22,23)14-5-6-16(24-3)15(18)10-14/h4-7,10-12,19H,8-9H2,1-3H3,(H,20,21). The summed E-state index contributed by atoms with van der Waals surface area (Å²) in [6.45, 7) is 5.15. The fourth-order valence-corrected chi connectivity index (χ4v) is 3.43. The van der Waals surface area contributed by atoms with Crippen LogP contribution in [0.5, 0.6) is 5.75 Å². The van der Waals surface area contributed by atoms with Crippen LogP contribution < -0.4 is 14.8 Å². The van der Waals surface area contributed by atoms with Gasteiger partial charge in [-0.15, -0.1) is 0 Å². The van der Waals surface area contributed by atoms with Crippen molar-refractivity contribution in [2.24, 2.45) is 5.92 Å². The quantitative estimate of drug-likeness (QED) is 0.720. The smallest absolute Gasteiger partial charge is 0.263 e. The van der Waals surface area contributed by atoms with Gasteiger partial charge < -0.3 is 10.1 Å². The Kier molecular flexibility index (Phi) is 6.50. The number of sulfonamides is 1. The second-order valence-corrected chi connectivity index (χ2v) is 8.03. The molecule has 0 fully saturated rings. The minimum absolute atomic E-state index is 0.0410. The molecular weight excluding hydrogens is 362 g/mol. The Labute approximate surface area is 153 Å². The molecule has 0 amide bonds. The normalized spacial score (nSPS) is 11.4. The van der Waals surface area contributed by atoms with Gasteiger partial charge in [0.1, 0.15) is 11.6 Å². The Morgan fingerprint density at radius 2 is 2.00 bits per heavy atom. The lowest BCUT2D eigenvalue weighted by atomic mass is 10.1. The summed E-state index contributed by atoms with van der Waals surface area (Å²) in [6.07, 6.45) is 2.64. The highest BCUT2D eigenvalue weighted by Gasteiger charge is 2.16. The van der Waals surface area contributed by atoms with Crippen molar-refractivity contribution in [3.8, 4) is 5.75 Å². The topological polar surface area (TPSA) is 80.3 Å². The van der Waals surface area contributed by atoms with Crippen molar-refractivity contribution in [3.63, 3.8) is 0 Å².